The molecule has 0 saturated heterocycles. The smallest absolute Gasteiger partial charge is 0.226 e. The molecule has 0 spiro atoms. The third kappa shape index (κ3) is 5.88. The fourth-order valence-corrected chi connectivity index (χ4v) is 1.81. The minimum absolute atomic E-state index is 0.186. The van der Waals surface area contributed by atoms with Gasteiger partial charge in [0, 0.05) is 12.0 Å². The van der Waals surface area contributed by atoms with E-state index in [9.17, 15) is 4.79 Å². The maximum Gasteiger partial charge on any atom is 0.226 e. The maximum absolute atomic E-state index is 12.0. The highest BCUT2D eigenvalue weighted by molar-refractivity contribution is 6.68. The molecule has 0 aliphatic carbocycles. The number of carbonyl (C=O) groups excluding carboxylic acids is 1. The molecule has 1 atom stereocenters. The van der Waals surface area contributed by atoms with Crippen molar-refractivity contribution in [3.63, 3.8) is 0 Å². The van der Waals surface area contributed by atoms with Gasteiger partial charge in [-0.15, -0.1) is 0 Å². The first kappa shape index (κ1) is 17.6. The van der Waals surface area contributed by atoms with Crippen molar-refractivity contribution >= 4 is 40.7 Å². The molecule has 0 aliphatic heterocycles. The van der Waals surface area contributed by atoms with Crippen LogP contribution in [0, 0.1) is 5.41 Å². The van der Waals surface area contributed by atoms with Gasteiger partial charge >= 0.3 is 0 Å². The van der Waals surface area contributed by atoms with Crippen molar-refractivity contribution in [3.8, 4) is 0 Å². The number of alkyl halides is 3. The van der Waals surface area contributed by atoms with Gasteiger partial charge in [0.1, 0.15) is 6.17 Å². The van der Waals surface area contributed by atoms with Crippen LogP contribution in [0.25, 0.3) is 0 Å². The quantitative estimate of drug-likeness (QED) is 0.650. The number of rotatable bonds is 4. The molecule has 0 radical (unpaired) electrons. The first-order valence-corrected chi connectivity index (χ1v) is 7.39. The fraction of sp³-hybridized carbons (Fsp3) is 0.500. The number of amides is 1. The summed E-state index contributed by atoms with van der Waals surface area (Å²) >= 11 is 17.7. The lowest BCUT2D eigenvalue weighted by Gasteiger charge is -2.29. The van der Waals surface area contributed by atoms with Gasteiger partial charge in [-0.2, -0.15) is 0 Å². The van der Waals surface area contributed by atoms with Gasteiger partial charge in [0.15, 0.2) is 0 Å². The highest BCUT2D eigenvalue weighted by atomic mass is 35.6. The highest BCUT2D eigenvalue weighted by Crippen LogP contribution is 2.30. The molecule has 0 aliphatic rings. The van der Waals surface area contributed by atoms with E-state index in [-0.39, 0.29) is 5.91 Å². The Morgan fingerprint density at radius 1 is 1.15 bits per heavy atom. The van der Waals surface area contributed by atoms with Gasteiger partial charge < -0.3 is 5.32 Å². The van der Waals surface area contributed by atoms with Crippen LogP contribution in [0.15, 0.2) is 30.3 Å². The summed E-state index contributed by atoms with van der Waals surface area (Å²) in [5.41, 5.74) is 0.486. The summed E-state index contributed by atoms with van der Waals surface area (Å²) in [6.07, 6.45) is -0.764. The van der Waals surface area contributed by atoms with E-state index in [1.54, 1.807) is 20.8 Å². The van der Waals surface area contributed by atoms with E-state index in [0.717, 1.165) is 5.56 Å². The molecule has 0 aromatic heterocycles. The molecule has 3 nitrogen and oxygen atoms in total. The number of hydrogen-bond donors (Lipinski definition) is 2. The van der Waals surface area contributed by atoms with E-state index < -0.39 is 15.4 Å². The Hall–Kier alpha value is -0.480. The first-order chi connectivity index (χ1) is 9.10. The van der Waals surface area contributed by atoms with Crippen LogP contribution in [0.1, 0.15) is 26.3 Å². The molecule has 1 rings (SSSR count). The summed E-state index contributed by atoms with van der Waals surface area (Å²) in [6.45, 7) is 5.89. The second-order valence-electron chi connectivity index (χ2n) is 5.56. The molecular weight excluding hydrogens is 319 g/mol. The van der Waals surface area contributed by atoms with Crippen molar-refractivity contribution in [1.82, 2.24) is 10.6 Å². The van der Waals surface area contributed by atoms with E-state index in [4.69, 9.17) is 34.8 Å². The molecule has 0 fully saturated rings. The Morgan fingerprint density at radius 2 is 1.70 bits per heavy atom. The van der Waals surface area contributed by atoms with Crippen molar-refractivity contribution < 1.29 is 4.79 Å². The topological polar surface area (TPSA) is 41.1 Å². The molecule has 0 bridgehead atoms. The lowest BCUT2D eigenvalue weighted by molar-refractivity contribution is -0.129. The molecule has 0 saturated carbocycles. The van der Waals surface area contributed by atoms with Gasteiger partial charge in [-0.1, -0.05) is 85.9 Å². The first-order valence-electron chi connectivity index (χ1n) is 6.25. The Bertz CT molecular complexity index is 438. The van der Waals surface area contributed by atoms with E-state index in [2.05, 4.69) is 10.6 Å². The van der Waals surface area contributed by atoms with Gasteiger partial charge in [-0.25, -0.2) is 0 Å². The van der Waals surface area contributed by atoms with Crippen LogP contribution in [0.5, 0.6) is 0 Å². The number of hydrogen-bond acceptors (Lipinski definition) is 2. The van der Waals surface area contributed by atoms with Crippen LogP contribution in [0.4, 0.5) is 0 Å². The van der Waals surface area contributed by atoms with Crippen molar-refractivity contribution in [2.45, 2.75) is 37.3 Å². The normalized spacial score (nSPS) is 13.9. The summed E-state index contributed by atoms with van der Waals surface area (Å²) in [5, 5.41) is 5.77. The average molecular weight is 338 g/mol. The zero-order valence-corrected chi connectivity index (χ0v) is 14.0. The second kappa shape index (κ2) is 6.99. The Morgan fingerprint density at radius 3 is 2.15 bits per heavy atom. The molecule has 1 aromatic rings. The fourth-order valence-electron chi connectivity index (χ4n) is 1.41. The second-order valence-corrected chi connectivity index (χ2v) is 7.93. The molecule has 6 heteroatoms. The summed E-state index contributed by atoms with van der Waals surface area (Å²) in [6, 6.07) is 9.68. The number of nitrogens with one attached hydrogen (secondary N) is 2. The molecule has 1 aromatic carbocycles. The summed E-state index contributed by atoms with van der Waals surface area (Å²) in [5.74, 6) is -0.186. The number of carbonyl (C=O) groups is 1. The van der Waals surface area contributed by atoms with E-state index in [1.807, 2.05) is 30.3 Å². The Kier molecular flexibility index (Phi) is 6.14. The van der Waals surface area contributed by atoms with Crippen LogP contribution >= 0.6 is 34.8 Å². The van der Waals surface area contributed by atoms with Crippen LogP contribution in [-0.2, 0) is 11.3 Å². The van der Waals surface area contributed by atoms with Gasteiger partial charge in [0.05, 0.1) is 0 Å². The van der Waals surface area contributed by atoms with Crippen molar-refractivity contribution in [2.24, 2.45) is 5.41 Å². The van der Waals surface area contributed by atoms with Crippen LogP contribution in [0.2, 0.25) is 0 Å². The standard InChI is InChI=1S/C14H19Cl3N2O/c1-13(2,3)12(20)19-11(14(15,16)17)18-9-10-7-5-4-6-8-10/h4-8,11,18H,9H2,1-3H3,(H,19,20)/t11-/m0/s1. The highest BCUT2D eigenvalue weighted by Gasteiger charge is 2.35. The molecule has 0 unspecified atom stereocenters. The lowest BCUT2D eigenvalue weighted by atomic mass is 9.95. The monoisotopic (exact) mass is 336 g/mol. The Balaban J connectivity index is 2.69. The molecule has 1 amide bonds. The van der Waals surface area contributed by atoms with Gasteiger partial charge in [-0.3, -0.25) is 10.1 Å². The van der Waals surface area contributed by atoms with Crippen molar-refractivity contribution in [2.75, 3.05) is 0 Å². The Labute approximate surface area is 135 Å². The predicted octanol–water partition coefficient (Wildman–Crippen LogP) is 3.63. The summed E-state index contributed by atoms with van der Waals surface area (Å²) in [4.78, 5) is 12.0. The molecular formula is C14H19Cl3N2O. The van der Waals surface area contributed by atoms with Crippen LogP contribution in [-0.4, -0.2) is 15.9 Å². The molecule has 112 valence electrons. The zero-order chi connectivity index (χ0) is 15.4. The molecule has 20 heavy (non-hydrogen) atoms. The van der Waals surface area contributed by atoms with Gasteiger partial charge in [0.25, 0.3) is 0 Å². The van der Waals surface area contributed by atoms with Gasteiger partial charge in [0.2, 0.25) is 9.70 Å². The van der Waals surface area contributed by atoms with Crippen molar-refractivity contribution in [1.29, 1.82) is 0 Å². The number of benzene rings is 1. The zero-order valence-electron chi connectivity index (χ0n) is 11.7. The van der Waals surface area contributed by atoms with Crippen LogP contribution < -0.4 is 10.6 Å². The number of halogens is 3. The minimum atomic E-state index is -1.63. The predicted molar refractivity (Wildman–Crippen MR) is 85.0 cm³/mol. The van der Waals surface area contributed by atoms with E-state index in [0.29, 0.717) is 6.54 Å². The molecule has 0 heterocycles. The maximum atomic E-state index is 12.0. The molecule has 2 N–H and O–H groups in total. The van der Waals surface area contributed by atoms with E-state index >= 15 is 0 Å². The lowest BCUT2D eigenvalue weighted by Crippen LogP contribution is -2.55. The van der Waals surface area contributed by atoms with E-state index in [1.165, 1.54) is 0 Å². The largest absolute Gasteiger partial charge is 0.336 e. The summed E-state index contributed by atoms with van der Waals surface area (Å²) in [7, 11) is 0. The SMILES string of the molecule is CC(C)(C)C(=O)N[C@H](NCc1ccccc1)C(Cl)(Cl)Cl. The third-order valence-electron chi connectivity index (χ3n) is 2.64. The summed E-state index contributed by atoms with van der Waals surface area (Å²) < 4.78 is -1.63. The average Bonchev–Trinajstić information content (AvgIpc) is 2.32. The third-order valence-corrected chi connectivity index (χ3v) is 3.29. The van der Waals surface area contributed by atoms with Crippen molar-refractivity contribution in [3.05, 3.63) is 35.9 Å². The van der Waals surface area contributed by atoms with Gasteiger partial charge in [-0.05, 0) is 5.56 Å². The minimum Gasteiger partial charge on any atom is -0.336 e. The van der Waals surface area contributed by atoms with Crippen LogP contribution in [0.3, 0.4) is 0 Å².